The lowest BCUT2D eigenvalue weighted by molar-refractivity contribution is 0.109. The Balaban J connectivity index is 1.37. The number of benzene rings is 2. The van der Waals surface area contributed by atoms with E-state index in [1.54, 1.807) is 7.11 Å². The third-order valence-electron chi connectivity index (χ3n) is 6.06. The average Bonchev–Trinajstić information content (AvgIpc) is 3.21. The fourth-order valence-electron chi connectivity index (χ4n) is 4.15. The average molecular weight is 445 g/mol. The van der Waals surface area contributed by atoms with Gasteiger partial charge in [-0.2, -0.15) is 4.98 Å². The summed E-state index contributed by atoms with van der Waals surface area (Å²) in [6.07, 6.45) is 0.848. The van der Waals surface area contributed by atoms with Crippen molar-refractivity contribution in [3.63, 3.8) is 0 Å². The van der Waals surface area contributed by atoms with Crippen LogP contribution in [-0.4, -0.2) is 58.3 Å². The molecule has 0 N–H and O–H groups in total. The minimum atomic E-state index is -0.174. The molecule has 8 heteroatoms. The van der Waals surface area contributed by atoms with Gasteiger partial charge in [0.1, 0.15) is 11.9 Å². The standard InChI is InChI=1S/C25H28N6O2/c1-18(32-2)23-27-22(33-29-23)17-30-13-8-14-31(16-15-30)25-20-11-6-7-12-21(20)26-24(28-25)19-9-4-3-5-10-19/h3-7,9-12,18H,8,13-17H2,1-2H3. The van der Waals surface area contributed by atoms with Gasteiger partial charge < -0.3 is 14.2 Å². The number of methoxy groups -OCH3 is 1. The summed E-state index contributed by atoms with van der Waals surface area (Å²) in [6.45, 7) is 6.19. The molecular formula is C25H28N6O2. The van der Waals surface area contributed by atoms with Crippen LogP contribution in [0.15, 0.2) is 59.1 Å². The van der Waals surface area contributed by atoms with Crippen LogP contribution in [0.5, 0.6) is 0 Å². The van der Waals surface area contributed by atoms with E-state index in [9.17, 15) is 0 Å². The van der Waals surface area contributed by atoms with Crippen molar-refractivity contribution in [2.75, 3.05) is 38.2 Å². The van der Waals surface area contributed by atoms with Gasteiger partial charge in [0.2, 0.25) is 5.89 Å². The smallest absolute Gasteiger partial charge is 0.240 e. The van der Waals surface area contributed by atoms with E-state index < -0.39 is 0 Å². The Morgan fingerprint density at radius 1 is 0.939 bits per heavy atom. The van der Waals surface area contributed by atoms with Crippen molar-refractivity contribution in [1.29, 1.82) is 0 Å². The first-order valence-electron chi connectivity index (χ1n) is 11.4. The molecule has 3 heterocycles. The molecule has 1 fully saturated rings. The zero-order valence-corrected chi connectivity index (χ0v) is 19.0. The highest BCUT2D eigenvalue weighted by molar-refractivity contribution is 5.91. The number of nitrogens with zero attached hydrogens (tertiary/aromatic N) is 6. The number of fused-ring (bicyclic) bond motifs is 1. The van der Waals surface area contributed by atoms with Crippen LogP contribution >= 0.6 is 0 Å². The van der Waals surface area contributed by atoms with Gasteiger partial charge in [-0.25, -0.2) is 9.97 Å². The fraction of sp³-hybridized carbons (Fsp3) is 0.360. The van der Waals surface area contributed by atoms with Crippen LogP contribution in [0.4, 0.5) is 5.82 Å². The van der Waals surface area contributed by atoms with Crippen molar-refractivity contribution in [2.24, 2.45) is 0 Å². The van der Waals surface area contributed by atoms with Gasteiger partial charge in [0.25, 0.3) is 0 Å². The van der Waals surface area contributed by atoms with Crippen molar-refractivity contribution >= 4 is 16.7 Å². The van der Waals surface area contributed by atoms with Crippen molar-refractivity contribution in [3.05, 3.63) is 66.3 Å². The van der Waals surface area contributed by atoms with Crippen molar-refractivity contribution < 1.29 is 9.26 Å². The third-order valence-corrected chi connectivity index (χ3v) is 6.06. The van der Waals surface area contributed by atoms with Gasteiger partial charge in [-0.1, -0.05) is 47.6 Å². The highest BCUT2D eigenvalue weighted by Gasteiger charge is 2.21. The van der Waals surface area contributed by atoms with Crippen LogP contribution in [0.25, 0.3) is 22.3 Å². The van der Waals surface area contributed by atoms with Crippen LogP contribution in [0.3, 0.4) is 0 Å². The lowest BCUT2D eigenvalue weighted by atomic mass is 10.1. The Bertz CT molecular complexity index is 1210. The Morgan fingerprint density at radius 2 is 1.76 bits per heavy atom. The van der Waals surface area contributed by atoms with Gasteiger partial charge in [0, 0.05) is 44.2 Å². The highest BCUT2D eigenvalue weighted by Crippen LogP contribution is 2.28. The van der Waals surface area contributed by atoms with E-state index in [1.165, 1.54) is 0 Å². The molecule has 170 valence electrons. The summed E-state index contributed by atoms with van der Waals surface area (Å²) in [5.41, 5.74) is 1.99. The first-order chi connectivity index (χ1) is 16.2. The van der Waals surface area contributed by atoms with Crippen LogP contribution in [0, 0.1) is 0 Å². The van der Waals surface area contributed by atoms with Crippen molar-refractivity contribution in [2.45, 2.75) is 26.0 Å². The molecule has 0 bridgehead atoms. The van der Waals surface area contributed by atoms with Gasteiger partial charge in [-0.05, 0) is 25.5 Å². The predicted octanol–water partition coefficient (Wildman–Crippen LogP) is 4.10. The lowest BCUT2D eigenvalue weighted by Gasteiger charge is -2.24. The van der Waals surface area contributed by atoms with Gasteiger partial charge in [-0.3, -0.25) is 4.90 Å². The maximum Gasteiger partial charge on any atom is 0.240 e. The molecule has 1 aliphatic rings. The molecule has 1 aliphatic heterocycles. The van der Waals surface area contributed by atoms with E-state index in [0.717, 1.165) is 60.7 Å². The van der Waals surface area contributed by atoms with Crippen molar-refractivity contribution in [3.8, 4) is 11.4 Å². The van der Waals surface area contributed by atoms with E-state index in [-0.39, 0.29) is 6.10 Å². The number of hydrogen-bond acceptors (Lipinski definition) is 8. The fourth-order valence-corrected chi connectivity index (χ4v) is 4.15. The molecule has 0 amide bonds. The molecule has 1 unspecified atom stereocenters. The minimum absolute atomic E-state index is 0.174. The Kier molecular flexibility index (Phi) is 6.28. The molecule has 5 rings (SSSR count). The molecule has 0 radical (unpaired) electrons. The van der Waals surface area contributed by atoms with E-state index in [4.69, 9.17) is 19.2 Å². The summed E-state index contributed by atoms with van der Waals surface area (Å²) in [7, 11) is 1.64. The molecule has 2 aromatic heterocycles. The first-order valence-corrected chi connectivity index (χ1v) is 11.4. The number of anilines is 1. The maximum atomic E-state index is 5.45. The second-order valence-corrected chi connectivity index (χ2v) is 8.29. The molecular weight excluding hydrogens is 416 g/mol. The van der Waals surface area contributed by atoms with Gasteiger partial charge >= 0.3 is 0 Å². The van der Waals surface area contributed by atoms with Crippen molar-refractivity contribution in [1.82, 2.24) is 25.0 Å². The maximum absolute atomic E-state index is 5.45. The van der Waals surface area contributed by atoms with Gasteiger partial charge in [0.15, 0.2) is 11.6 Å². The van der Waals surface area contributed by atoms with E-state index in [1.807, 2.05) is 31.2 Å². The number of aromatic nitrogens is 4. The SMILES string of the molecule is COC(C)c1noc(CN2CCCN(c3nc(-c4ccccc4)nc4ccccc34)CC2)n1. The summed E-state index contributed by atoms with van der Waals surface area (Å²) >= 11 is 0. The van der Waals surface area contributed by atoms with E-state index >= 15 is 0 Å². The molecule has 33 heavy (non-hydrogen) atoms. The first kappa shape index (κ1) is 21.5. The lowest BCUT2D eigenvalue weighted by Crippen LogP contribution is -2.31. The number of rotatable bonds is 6. The summed E-state index contributed by atoms with van der Waals surface area (Å²) in [6, 6.07) is 18.4. The summed E-state index contributed by atoms with van der Waals surface area (Å²) in [5, 5.41) is 5.13. The molecule has 0 spiro atoms. The van der Waals surface area contributed by atoms with Crippen LogP contribution in [0.2, 0.25) is 0 Å². The Labute approximate surface area is 193 Å². The zero-order valence-electron chi connectivity index (χ0n) is 19.0. The number of ether oxygens (including phenoxy) is 1. The van der Waals surface area contributed by atoms with E-state index in [0.29, 0.717) is 18.3 Å². The normalized spacial score (nSPS) is 16.1. The second kappa shape index (κ2) is 9.64. The summed E-state index contributed by atoms with van der Waals surface area (Å²) in [4.78, 5) is 19.1. The second-order valence-electron chi connectivity index (χ2n) is 8.29. The minimum Gasteiger partial charge on any atom is -0.374 e. The Hall–Kier alpha value is -3.36. The topological polar surface area (TPSA) is 80.4 Å². The molecule has 2 aromatic carbocycles. The molecule has 1 atom stereocenters. The molecule has 8 nitrogen and oxygen atoms in total. The van der Waals surface area contributed by atoms with Crippen LogP contribution < -0.4 is 4.90 Å². The van der Waals surface area contributed by atoms with E-state index in [2.05, 4.69) is 50.3 Å². The summed E-state index contributed by atoms with van der Waals surface area (Å²) in [5.74, 6) is 2.97. The quantitative estimate of drug-likeness (QED) is 0.440. The molecule has 0 aliphatic carbocycles. The molecule has 4 aromatic rings. The zero-order chi connectivity index (χ0) is 22.6. The van der Waals surface area contributed by atoms with Crippen LogP contribution in [-0.2, 0) is 11.3 Å². The predicted molar refractivity (Wildman–Crippen MR) is 127 cm³/mol. The largest absolute Gasteiger partial charge is 0.374 e. The highest BCUT2D eigenvalue weighted by atomic mass is 16.5. The monoisotopic (exact) mass is 444 g/mol. The molecule has 1 saturated heterocycles. The van der Waals surface area contributed by atoms with Crippen LogP contribution in [0.1, 0.15) is 31.2 Å². The third kappa shape index (κ3) is 4.72. The van der Waals surface area contributed by atoms with Gasteiger partial charge in [0.05, 0.1) is 12.1 Å². The molecule has 0 saturated carbocycles. The summed E-state index contributed by atoms with van der Waals surface area (Å²) < 4.78 is 10.7. The Morgan fingerprint density at radius 3 is 2.61 bits per heavy atom. The number of hydrogen-bond donors (Lipinski definition) is 0. The van der Waals surface area contributed by atoms with Gasteiger partial charge in [-0.15, -0.1) is 0 Å². The number of para-hydroxylation sites is 1.